The molecule has 0 amide bonds. The average molecular weight is 424 g/mol. The Hall–Kier alpha value is -2.43. The number of aromatic nitrogens is 1. The number of pyridine rings is 1. The largest absolute Gasteiger partial charge is 0.279 e. The van der Waals surface area contributed by atoms with E-state index in [0.29, 0.717) is 0 Å². The number of anilines is 2. The third-order valence-corrected chi connectivity index (χ3v) is 8.04. The van der Waals surface area contributed by atoms with Crippen molar-refractivity contribution in [3.8, 4) is 0 Å². The Bertz CT molecular complexity index is 1120. The van der Waals surface area contributed by atoms with Crippen molar-refractivity contribution in [2.45, 2.75) is 22.4 Å². The lowest BCUT2D eigenvalue weighted by atomic mass is 10.3. The fourth-order valence-electron chi connectivity index (χ4n) is 2.22. The van der Waals surface area contributed by atoms with E-state index in [1.807, 2.05) is 6.92 Å². The molecular weight excluding hydrogens is 406 g/mol. The molecule has 0 aliphatic heterocycles. The third-order valence-electron chi connectivity index (χ3n) is 3.57. The van der Waals surface area contributed by atoms with Gasteiger partial charge >= 0.3 is 0 Å². The predicted molar refractivity (Wildman–Crippen MR) is 106 cm³/mol. The van der Waals surface area contributed by atoms with E-state index in [0.717, 1.165) is 11.3 Å². The molecule has 27 heavy (non-hydrogen) atoms. The van der Waals surface area contributed by atoms with Crippen LogP contribution in [0.1, 0.15) is 11.8 Å². The minimum absolute atomic E-state index is 0.000457. The molecule has 0 aliphatic rings. The van der Waals surface area contributed by atoms with Gasteiger partial charge in [0.05, 0.1) is 4.90 Å². The second-order valence-electron chi connectivity index (χ2n) is 5.52. The highest BCUT2D eigenvalue weighted by Crippen LogP contribution is 2.25. The van der Waals surface area contributed by atoms with Crippen LogP contribution in [0, 0.1) is 0 Å². The van der Waals surface area contributed by atoms with E-state index in [1.54, 1.807) is 24.3 Å². The monoisotopic (exact) mass is 423 g/mol. The highest BCUT2D eigenvalue weighted by Gasteiger charge is 2.18. The third kappa shape index (κ3) is 4.65. The maximum absolute atomic E-state index is 12.4. The van der Waals surface area contributed by atoms with Gasteiger partial charge in [-0.3, -0.25) is 9.44 Å². The maximum Gasteiger partial charge on any atom is 0.271 e. The van der Waals surface area contributed by atoms with Crippen molar-refractivity contribution in [3.63, 3.8) is 0 Å². The zero-order valence-electron chi connectivity index (χ0n) is 14.3. The van der Waals surface area contributed by atoms with Crippen molar-refractivity contribution in [3.05, 3.63) is 65.7 Å². The molecule has 1 aromatic carbocycles. The predicted octanol–water partition coefficient (Wildman–Crippen LogP) is 3.31. The Balaban J connectivity index is 1.77. The number of nitrogens with one attached hydrogen (secondary N) is 2. The molecule has 0 fully saturated rings. The molecule has 3 rings (SSSR count). The summed E-state index contributed by atoms with van der Waals surface area (Å²) in [7, 11) is -7.52. The van der Waals surface area contributed by atoms with Gasteiger partial charge in [-0.15, -0.1) is 11.3 Å². The Kier molecular flexibility index (Phi) is 5.49. The van der Waals surface area contributed by atoms with E-state index in [4.69, 9.17) is 0 Å². The van der Waals surface area contributed by atoms with Crippen LogP contribution in [0.2, 0.25) is 0 Å². The number of thiophene rings is 1. The molecule has 0 atom stereocenters. The van der Waals surface area contributed by atoms with E-state index < -0.39 is 20.0 Å². The van der Waals surface area contributed by atoms with Crippen LogP contribution in [-0.4, -0.2) is 21.8 Å². The van der Waals surface area contributed by atoms with E-state index in [-0.39, 0.29) is 20.6 Å². The van der Waals surface area contributed by atoms with Crippen LogP contribution in [0.5, 0.6) is 0 Å². The Labute approximate surface area is 162 Å². The van der Waals surface area contributed by atoms with Crippen LogP contribution in [-0.2, 0) is 26.5 Å². The first kappa shape index (κ1) is 19.3. The van der Waals surface area contributed by atoms with Crippen molar-refractivity contribution >= 4 is 42.9 Å². The van der Waals surface area contributed by atoms with Gasteiger partial charge in [-0.2, -0.15) is 0 Å². The number of benzene rings is 1. The van der Waals surface area contributed by atoms with Gasteiger partial charge in [-0.25, -0.2) is 21.8 Å². The van der Waals surface area contributed by atoms with Crippen molar-refractivity contribution < 1.29 is 16.8 Å². The topological polar surface area (TPSA) is 105 Å². The summed E-state index contributed by atoms with van der Waals surface area (Å²) in [5.74, 6) is 0.201. The van der Waals surface area contributed by atoms with Gasteiger partial charge in [0.25, 0.3) is 20.0 Å². The fourth-order valence-corrected chi connectivity index (χ4v) is 5.58. The van der Waals surface area contributed by atoms with Gasteiger partial charge in [0.1, 0.15) is 10.0 Å². The van der Waals surface area contributed by atoms with E-state index in [2.05, 4.69) is 14.4 Å². The molecular formula is C17H17N3O4S3. The Morgan fingerprint density at radius 2 is 1.63 bits per heavy atom. The first-order valence-electron chi connectivity index (χ1n) is 7.95. The van der Waals surface area contributed by atoms with Gasteiger partial charge in [0.2, 0.25) is 0 Å². The molecule has 2 aromatic heterocycles. The molecule has 7 nitrogen and oxygen atoms in total. The van der Waals surface area contributed by atoms with Crippen LogP contribution >= 0.6 is 11.3 Å². The van der Waals surface area contributed by atoms with Crippen LogP contribution in [0.25, 0.3) is 0 Å². The zero-order valence-corrected chi connectivity index (χ0v) is 16.7. The standard InChI is InChI=1S/C17H17N3O4S3/c1-2-14-8-11-17(25-14)27(23,24)19-13-6-9-15(10-7-13)26(21,22)20-16-5-3-4-12-18-16/h3-12,19H,2H2,1H3,(H,18,20). The van der Waals surface area contributed by atoms with Gasteiger partial charge in [-0.05, 0) is 55.0 Å². The number of hydrogen-bond donors (Lipinski definition) is 2. The van der Waals surface area contributed by atoms with E-state index in [1.165, 1.54) is 47.9 Å². The number of aryl methyl sites for hydroxylation is 1. The van der Waals surface area contributed by atoms with Gasteiger partial charge < -0.3 is 0 Å². The molecule has 10 heteroatoms. The van der Waals surface area contributed by atoms with Gasteiger partial charge in [0, 0.05) is 16.8 Å². The average Bonchev–Trinajstić information content (AvgIpc) is 3.13. The molecule has 0 unspecified atom stereocenters. The molecule has 142 valence electrons. The summed E-state index contributed by atoms with van der Waals surface area (Å²) in [5.41, 5.74) is 0.276. The SMILES string of the molecule is CCc1ccc(S(=O)(=O)Nc2ccc(S(=O)(=O)Nc3ccccn3)cc2)s1. The van der Waals surface area contributed by atoms with Gasteiger partial charge in [0.15, 0.2) is 0 Å². The van der Waals surface area contributed by atoms with Crippen LogP contribution in [0.15, 0.2) is 69.9 Å². The second-order valence-corrected chi connectivity index (χ2v) is 10.3. The number of nitrogens with zero attached hydrogens (tertiary/aromatic N) is 1. The number of hydrogen-bond acceptors (Lipinski definition) is 6. The lowest BCUT2D eigenvalue weighted by molar-refractivity contribution is 0.600. The van der Waals surface area contributed by atoms with Crippen molar-refractivity contribution in [1.82, 2.24) is 4.98 Å². The fraction of sp³-hybridized carbons (Fsp3) is 0.118. The zero-order chi connectivity index (χ0) is 19.5. The Morgan fingerprint density at radius 3 is 2.22 bits per heavy atom. The molecule has 3 aromatic rings. The first-order valence-corrected chi connectivity index (χ1v) is 11.7. The summed E-state index contributed by atoms with van der Waals surface area (Å²) in [6, 6.07) is 13.7. The van der Waals surface area contributed by atoms with Crippen molar-refractivity contribution in [2.75, 3.05) is 9.44 Å². The molecule has 2 heterocycles. The Morgan fingerprint density at radius 1 is 0.889 bits per heavy atom. The molecule has 0 spiro atoms. The normalized spacial score (nSPS) is 11.9. The lowest BCUT2D eigenvalue weighted by Gasteiger charge is -2.09. The van der Waals surface area contributed by atoms with Gasteiger partial charge in [-0.1, -0.05) is 13.0 Å². The highest BCUT2D eigenvalue weighted by molar-refractivity contribution is 7.94. The van der Waals surface area contributed by atoms with Crippen molar-refractivity contribution in [2.24, 2.45) is 0 Å². The molecule has 0 radical (unpaired) electrons. The molecule has 2 N–H and O–H groups in total. The smallest absolute Gasteiger partial charge is 0.271 e. The highest BCUT2D eigenvalue weighted by atomic mass is 32.2. The minimum atomic E-state index is -3.81. The first-order chi connectivity index (χ1) is 12.8. The second kappa shape index (κ2) is 7.67. The summed E-state index contributed by atoms with van der Waals surface area (Å²) in [4.78, 5) is 4.89. The van der Waals surface area contributed by atoms with E-state index in [9.17, 15) is 16.8 Å². The van der Waals surface area contributed by atoms with E-state index >= 15 is 0 Å². The van der Waals surface area contributed by atoms with Crippen LogP contribution in [0.4, 0.5) is 11.5 Å². The summed E-state index contributed by atoms with van der Waals surface area (Å²) in [5, 5.41) is 0. The van der Waals surface area contributed by atoms with Crippen molar-refractivity contribution in [1.29, 1.82) is 0 Å². The number of rotatable bonds is 7. The number of sulfonamides is 2. The van der Waals surface area contributed by atoms with Crippen LogP contribution in [0.3, 0.4) is 0 Å². The lowest BCUT2D eigenvalue weighted by Crippen LogP contribution is -2.14. The summed E-state index contributed by atoms with van der Waals surface area (Å²) >= 11 is 1.20. The molecule has 0 saturated carbocycles. The summed E-state index contributed by atoms with van der Waals surface area (Å²) < 4.78 is 54.6. The summed E-state index contributed by atoms with van der Waals surface area (Å²) in [6.45, 7) is 1.95. The molecule has 0 saturated heterocycles. The minimum Gasteiger partial charge on any atom is -0.279 e. The molecule has 0 aliphatic carbocycles. The van der Waals surface area contributed by atoms with Crippen LogP contribution < -0.4 is 9.44 Å². The summed E-state index contributed by atoms with van der Waals surface area (Å²) in [6.07, 6.45) is 2.24. The maximum atomic E-state index is 12.4. The molecule has 0 bridgehead atoms. The quantitative estimate of drug-likeness (QED) is 0.607.